The van der Waals surface area contributed by atoms with Gasteiger partial charge < -0.3 is 19.9 Å². The van der Waals surface area contributed by atoms with Gasteiger partial charge in [0.15, 0.2) is 0 Å². The third kappa shape index (κ3) is 4.82. The van der Waals surface area contributed by atoms with Gasteiger partial charge in [-0.15, -0.1) is 0 Å². The SMILES string of the molecule is Cc1cc(C)cc(OCC(O)CNC2CCOC2)c1. The Kier molecular flexibility index (Phi) is 5.19. The first-order valence-electron chi connectivity index (χ1n) is 6.84. The van der Waals surface area contributed by atoms with Gasteiger partial charge in [0.25, 0.3) is 0 Å². The number of aliphatic hydroxyl groups excluding tert-OH is 1. The van der Waals surface area contributed by atoms with E-state index in [0.717, 1.165) is 25.4 Å². The maximum Gasteiger partial charge on any atom is 0.119 e. The normalized spacial score (nSPS) is 20.5. The summed E-state index contributed by atoms with van der Waals surface area (Å²) in [7, 11) is 0. The molecule has 4 nitrogen and oxygen atoms in total. The maximum atomic E-state index is 9.88. The Bertz CT molecular complexity index is 382. The third-order valence-electron chi connectivity index (χ3n) is 3.21. The Labute approximate surface area is 114 Å². The number of nitrogens with one attached hydrogen (secondary N) is 1. The van der Waals surface area contributed by atoms with Crippen molar-refractivity contribution in [3.05, 3.63) is 29.3 Å². The zero-order valence-corrected chi connectivity index (χ0v) is 11.7. The minimum absolute atomic E-state index is 0.309. The van der Waals surface area contributed by atoms with Crippen molar-refractivity contribution >= 4 is 0 Å². The molecule has 2 N–H and O–H groups in total. The van der Waals surface area contributed by atoms with Gasteiger partial charge in [-0.1, -0.05) is 6.07 Å². The van der Waals surface area contributed by atoms with Crippen LogP contribution >= 0.6 is 0 Å². The number of aliphatic hydroxyl groups is 1. The van der Waals surface area contributed by atoms with Gasteiger partial charge in [-0.3, -0.25) is 0 Å². The summed E-state index contributed by atoms with van der Waals surface area (Å²) < 4.78 is 10.9. The summed E-state index contributed by atoms with van der Waals surface area (Å²) in [6.45, 7) is 6.48. The molecule has 0 radical (unpaired) electrons. The van der Waals surface area contributed by atoms with E-state index in [1.165, 1.54) is 11.1 Å². The summed E-state index contributed by atoms with van der Waals surface area (Å²) in [5.74, 6) is 0.820. The zero-order chi connectivity index (χ0) is 13.7. The molecule has 0 amide bonds. The molecule has 2 unspecified atom stereocenters. The second kappa shape index (κ2) is 6.89. The Morgan fingerprint density at radius 1 is 1.37 bits per heavy atom. The first kappa shape index (κ1) is 14.3. The van der Waals surface area contributed by atoms with Gasteiger partial charge >= 0.3 is 0 Å². The van der Waals surface area contributed by atoms with Crippen molar-refractivity contribution in [2.75, 3.05) is 26.4 Å². The standard InChI is InChI=1S/C15H23NO3/c1-11-5-12(2)7-15(6-11)19-10-14(17)8-16-13-3-4-18-9-13/h5-7,13-14,16-17H,3-4,8-10H2,1-2H3. The highest BCUT2D eigenvalue weighted by atomic mass is 16.5. The Hall–Kier alpha value is -1.10. The third-order valence-corrected chi connectivity index (χ3v) is 3.21. The predicted octanol–water partition coefficient (Wildman–Crippen LogP) is 1.42. The van der Waals surface area contributed by atoms with Crippen LogP contribution in [0, 0.1) is 13.8 Å². The van der Waals surface area contributed by atoms with E-state index in [4.69, 9.17) is 9.47 Å². The molecule has 106 valence electrons. The maximum absolute atomic E-state index is 9.88. The molecule has 1 aromatic carbocycles. The lowest BCUT2D eigenvalue weighted by molar-refractivity contribution is 0.102. The average Bonchev–Trinajstić information content (AvgIpc) is 2.86. The van der Waals surface area contributed by atoms with Crippen LogP contribution in [0.25, 0.3) is 0 Å². The van der Waals surface area contributed by atoms with Gasteiger partial charge in [-0.2, -0.15) is 0 Å². The fourth-order valence-electron chi connectivity index (χ4n) is 2.27. The van der Waals surface area contributed by atoms with Crippen LogP contribution in [0.5, 0.6) is 5.75 Å². The second-order valence-corrected chi connectivity index (χ2v) is 5.26. The van der Waals surface area contributed by atoms with Crippen LogP contribution < -0.4 is 10.1 Å². The number of hydrogen-bond donors (Lipinski definition) is 2. The lowest BCUT2D eigenvalue weighted by atomic mass is 10.1. The molecule has 0 aliphatic carbocycles. The summed E-state index contributed by atoms with van der Waals surface area (Å²) in [6.07, 6.45) is 0.520. The molecule has 1 aliphatic rings. The monoisotopic (exact) mass is 265 g/mol. The summed E-state index contributed by atoms with van der Waals surface area (Å²) >= 11 is 0. The fraction of sp³-hybridized carbons (Fsp3) is 0.600. The van der Waals surface area contributed by atoms with Gasteiger partial charge in [-0.25, -0.2) is 0 Å². The van der Waals surface area contributed by atoms with E-state index in [1.807, 2.05) is 26.0 Å². The molecule has 2 rings (SSSR count). The van der Waals surface area contributed by atoms with E-state index in [-0.39, 0.29) is 0 Å². The number of rotatable bonds is 6. The Balaban J connectivity index is 1.71. The Morgan fingerprint density at radius 2 is 2.11 bits per heavy atom. The van der Waals surface area contributed by atoms with Crippen molar-refractivity contribution in [2.45, 2.75) is 32.4 Å². The van der Waals surface area contributed by atoms with Crippen LogP contribution in [-0.2, 0) is 4.74 Å². The second-order valence-electron chi connectivity index (χ2n) is 5.26. The Morgan fingerprint density at radius 3 is 2.74 bits per heavy atom. The molecular formula is C15H23NO3. The minimum atomic E-state index is -0.499. The van der Waals surface area contributed by atoms with Crippen molar-refractivity contribution in [1.82, 2.24) is 5.32 Å². The first-order chi connectivity index (χ1) is 9.13. The molecule has 1 saturated heterocycles. The smallest absolute Gasteiger partial charge is 0.119 e. The highest BCUT2D eigenvalue weighted by molar-refractivity contribution is 5.32. The van der Waals surface area contributed by atoms with Crippen LogP contribution in [0.3, 0.4) is 0 Å². The average molecular weight is 265 g/mol. The van der Waals surface area contributed by atoms with Crippen LogP contribution in [0.15, 0.2) is 18.2 Å². The predicted molar refractivity (Wildman–Crippen MR) is 74.6 cm³/mol. The van der Waals surface area contributed by atoms with Crippen molar-refractivity contribution in [1.29, 1.82) is 0 Å². The van der Waals surface area contributed by atoms with E-state index >= 15 is 0 Å². The van der Waals surface area contributed by atoms with E-state index < -0.39 is 6.10 Å². The molecule has 1 fully saturated rings. The molecule has 1 aromatic rings. The van der Waals surface area contributed by atoms with Gasteiger partial charge in [0.1, 0.15) is 18.5 Å². The van der Waals surface area contributed by atoms with Gasteiger partial charge in [-0.05, 0) is 43.5 Å². The number of ether oxygens (including phenoxy) is 2. The highest BCUT2D eigenvalue weighted by Crippen LogP contribution is 2.16. The summed E-state index contributed by atoms with van der Waals surface area (Å²) in [4.78, 5) is 0. The first-order valence-corrected chi connectivity index (χ1v) is 6.84. The zero-order valence-electron chi connectivity index (χ0n) is 11.7. The lowest BCUT2D eigenvalue weighted by Crippen LogP contribution is -2.38. The molecule has 0 aromatic heterocycles. The number of benzene rings is 1. The van der Waals surface area contributed by atoms with Crippen LogP contribution in [0.4, 0.5) is 0 Å². The topological polar surface area (TPSA) is 50.7 Å². The summed E-state index contributed by atoms with van der Waals surface area (Å²) in [5.41, 5.74) is 2.34. The largest absolute Gasteiger partial charge is 0.491 e. The quantitative estimate of drug-likeness (QED) is 0.817. The van der Waals surface area contributed by atoms with Gasteiger partial charge in [0.2, 0.25) is 0 Å². The molecule has 1 aliphatic heterocycles. The van der Waals surface area contributed by atoms with Gasteiger partial charge in [0, 0.05) is 19.2 Å². The molecule has 0 saturated carbocycles. The molecule has 4 heteroatoms. The van der Waals surface area contributed by atoms with E-state index in [0.29, 0.717) is 19.2 Å². The number of hydrogen-bond acceptors (Lipinski definition) is 4. The lowest BCUT2D eigenvalue weighted by Gasteiger charge is -2.16. The molecular weight excluding hydrogens is 242 g/mol. The number of aryl methyl sites for hydroxylation is 2. The summed E-state index contributed by atoms with van der Waals surface area (Å²) in [6, 6.07) is 6.44. The van der Waals surface area contributed by atoms with Crippen molar-refractivity contribution < 1.29 is 14.6 Å². The van der Waals surface area contributed by atoms with Gasteiger partial charge in [0.05, 0.1) is 6.61 Å². The molecule has 19 heavy (non-hydrogen) atoms. The summed E-state index contributed by atoms with van der Waals surface area (Å²) in [5, 5.41) is 13.2. The van der Waals surface area contributed by atoms with Crippen molar-refractivity contribution in [3.63, 3.8) is 0 Å². The molecule has 0 bridgehead atoms. The minimum Gasteiger partial charge on any atom is -0.491 e. The van der Waals surface area contributed by atoms with Crippen LogP contribution in [-0.4, -0.2) is 43.6 Å². The molecule has 2 atom stereocenters. The fourth-order valence-corrected chi connectivity index (χ4v) is 2.27. The van der Waals surface area contributed by atoms with E-state index in [2.05, 4.69) is 11.4 Å². The van der Waals surface area contributed by atoms with E-state index in [1.54, 1.807) is 0 Å². The van der Waals surface area contributed by atoms with Crippen LogP contribution in [0.1, 0.15) is 17.5 Å². The van der Waals surface area contributed by atoms with Crippen molar-refractivity contribution in [2.24, 2.45) is 0 Å². The van der Waals surface area contributed by atoms with Crippen LogP contribution in [0.2, 0.25) is 0 Å². The van der Waals surface area contributed by atoms with Crippen molar-refractivity contribution in [3.8, 4) is 5.75 Å². The molecule has 1 heterocycles. The highest BCUT2D eigenvalue weighted by Gasteiger charge is 2.16. The van der Waals surface area contributed by atoms with E-state index in [9.17, 15) is 5.11 Å². The molecule has 0 spiro atoms.